The van der Waals surface area contributed by atoms with E-state index in [0.29, 0.717) is 0 Å². The van der Waals surface area contributed by atoms with Gasteiger partial charge in [-0.15, -0.1) is 0 Å². The molecular formula is C17H17N3O. The van der Waals surface area contributed by atoms with Crippen LogP contribution in [0.1, 0.15) is 12.5 Å². The number of H-pyrrole nitrogens is 1. The molecule has 0 atom stereocenters. The van der Waals surface area contributed by atoms with Crippen molar-refractivity contribution in [2.75, 3.05) is 10.6 Å². The summed E-state index contributed by atoms with van der Waals surface area (Å²) in [5.41, 5.74) is 3.79. The van der Waals surface area contributed by atoms with Gasteiger partial charge in [0, 0.05) is 28.5 Å². The number of rotatable bonds is 3. The zero-order chi connectivity index (χ0) is 14.7. The highest BCUT2D eigenvalue weighted by atomic mass is 16.2. The van der Waals surface area contributed by atoms with E-state index in [1.807, 2.05) is 54.7 Å². The van der Waals surface area contributed by atoms with Gasteiger partial charge in [0.1, 0.15) is 0 Å². The number of amides is 2. The van der Waals surface area contributed by atoms with Crippen LogP contribution in [0.4, 0.5) is 16.2 Å². The van der Waals surface area contributed by atoms with Crippen molar-refractivity contribution in [1.29, 1.82) is 0 Å². The Morgan fingerprint density at radius 3 is 2.81 bits per heavy atom. The molecular weight excluding hydrogens is 262 g/mol. The maximum atomic E-state index is 12.1. The molecule has 0 aliphatic carbocycles. The number of aromatic nitrogens is 1. The van der Waals surface area contributed by atoms with Gasteiger partial charge in [-0.25, -0.2) is 4.79 Å². The van der Waals surface area contributed by atoms with E-state index in [4.69, 9.17) is 0 Å². The number of para-hydroxylation sites is 1. The molecule has 0 saturated heterocycles. The number of aromatic amines is 1. The van der Waals surface area contributed by atoms with Crippen LogP contribution in [0.15, 0.2) is 54.7 Å². The van der Waals surface area contributed by atoms with E-state index in [2.05, 4.69) is 22.5 Å². The predicted octanol–water partition coefficient (Wildman–Crippen LogP) is 4.37. The highest BCUT2D eigenvalue weighted by Gasteiger charge is 2.06. The van der Waals surface area contributed by atoms with Crippen molar-refractivity contribution in [3.8, 4) is 0 Å². The minimum absolute atomic E-state index is 0.231. The average molecular weight is 279 g/mol. The SMILES string of the molecule is CCc1ccccc1NC(=O)Nc1ccc2[nH]ccc2c1. The summed E-state index contributed by atoms with van der Waals surface area (Å²) in [4.78, 5) is 15.2. The zero-order valence-corrected chi connectivity index (χ0v) is 11.8. The summed E-state index contributed by atoms with van der Waals surface area (Å²) < 4.78 is 0. The van der Waals surface area contributed by atoms with Gasteiger partial charge in [0.25, 0.3) is 0 Å². The van der Waals surface area contributed by atoms with E-state index in [0.717, 1.165) is 34.3 Å². The number of nitrogens with one attached hydrogen (secondary N) is 3. The van der Waals surface area contributed by atoms with Gasteiger partial charge in [0.15, 0.2) is 0 Å². The second kappa shape index (κ2) is 5.71. The highest BCUT2D eigenvalue weighted by molar-refractivity contribution is 6.01. The molecule has 21 heavy (non-hydrogen) atoms. The summed E-state index contributed by atoms with van der Waals surface area (Å²) in [5.74, 6) is 0. The summed E-state index contributed by atoms with van der Waals surface area (Å²) in [7, 11) is 0. The molecule has 0 unspecified atom stereocenters. The lowest BCUT2D eigenvalue weighted by atomic mass is 10.1. The molecule has 4 heteroatoms. The van der Waals surface area contributed by atoms with Crippen molar-refractivity contribution in [2.24, 2.45) is 0 Å². The van der Waals surface area contributed by atoms with Crippen molar-refractivity contribution >= 4 is 28.3 Å². The van der Waals surface area contributed by atoms with Gasteiger partial charge < -0.3 is 15.6 Å². The Morgan fingerprint density at radius 2 is 1.95 bits per heavy atom. The molecule has 2 amide bonds. The molecule has 4 nitrogen and oxygen atoms in total. The first-order chi connectivity index (χ1) is 10.3. The Balaban J connectivity index is 1.73. The summed E-state index contributed by atoms with van der Waals surface area (Å²) in [6.07, 6.45) is 2.76. The first-order valence-corrected chi connectivity index (χ1v) is 6.99. The molecule has 0 bridgehead atoms. The molecule has 0 fully saturated rings. The minimum atomic E-state index is -0.231. The normalized spacial score (nSPS) is 10.5. The number of fused-ring (bicyclic) bond motifs is 1. The number of carbonyl (C=O) groups is 1. The summed E-state index contributed by atoms with van der Waals surface area (Å²) in [6, 6.07) is 15.3. The van der Waals surface area contributed by atoms with Crippen molar-refractivity contribution in [1.82, 2.24) is 4.98 Å². The summed E-state index contributed by atoms with van der Waals surface area (Å²) in [6.45, 7) is 2.07. The molecule has 0 aliphatic rings. The molecule has 106 valence electrons. The molecule has 3 rings (SSSR count). The molecule has 0 spiro atoms. The Labute approximate surface area is 123 Å². The van der Waals surface area contributed by atoms with E-state index < -0.39 is 0 Å². The van der Waals surface area contributed by atoms with Crippen LogP contribution in [-0.2, 0) is 6.42 Å². The molecule has 2 aromatic carbocycles. The zero-order valence-electron chi connectivity index (χ0n) is 11.8. The fraction of sp³-hybridized carbons (Fsp3) is 0.118. The maximum absolute atomic E-state index is 12.1. The maximum Gasteiger partial charge on any atom is 0.323 e. The van der Waals surface area contributed by atoms with Crippen LogP contribution in [0.2, 0.25) is 0 Å². The van der Waals surface area contributed by atoms with E-state index in [1.54, 1.807) is 0 Å². The number of urea groups is 1. The Kier molecular flexibility index (Phi) is 3.60. The van der Waals surface area contributed by atoms with E-state index >= 15 is 0 Å². The molecule has 0 aliphatic heterocycles. The molecule has 1 aromatic heterocycles. The second-order valence-corrected chi connectivity index (χ2v) is 4.87. The number of aryl methyl sites for hydroxylation is 1. The number of hydrogen-bond acceptors (Lipinski definition) is 1. The molecule has 3 N–H and O–H groups in total. The quantitative estimate of drug-likeness (QED) is 0.655. The third kappa shape index (κ3) is 2.89. The topological polar surface area (TPSA) is 56.9 Å². The van der Waals surface area contributed by atoms with Crippen LogP contribution in [0.3, 0.4) is 0 Å². The predicted molar refractivity (Wildman–Crippen MR) is 86.8 cm³/mol. The molecule has 0 radical (unpaired) electrons. The second-order valence-electron chi connectivity index (χ2n) is 4.87. The Bertz CT molecular complexity index is 776. The van der Waals surface area contributed by atoms with Crippen molar-refractivity contribution in [3.05, 3.63) is 60.3 Å². The Morgan fingerprint density at radius 1 is 1.10 bits per heavy atom. The van der Waals surface area contributed by atoms with Crippen LogP contribution in [0.5, 0.6) is 0 Å². The van der Waals surface area contributed by atoms with Gasteiger partial charge in [-0.1, -0.05) is 25.1 Å². The lowest BCUT2D eigenvalue weighted by molar-refractivity contribution is 0.262. The average Bonchev–Trinajstić information content (AvgIpc) is 2.95. The first-order valence-electron chi connectivity index (χ1n) is 6.99. The smallest absolute Gasteiger partial charge is 0.323 e. The minimum Gasteiger partial charge on any atom is -0.361 e. The number of benzene rings is 2. The third-order valence-electron chi connectivity index (χ3n) is 3.46. The standard InChI is InChI=1S/C17H17N3O/c1-2-12-5-3-4-6-16(12)20-17(21)19-14-7-8-15-13(11-14)9-10-18-15/h3-11,18H,2H2,1H3,(H2,19,20,21). The van der Waals surface area contributed by atoms with Gasteiger partial charge in [-0.3, -0.25) is 0 Å². The number of anilines is 2. The lowest BCUT2D eigenvalue weighted by Gasteiger charge is -2.11. The van der Waals surface area contributed by atoms with Crippen LogP contribution < -0.4 is 10.6 Å². The summed E-state index contributed by atoms with van der Waals surface area (Å²) in [5, 5.41) is 6.82. The molecule has 1 heterocycles. The fourth-order valence-corrected chi connectivity index (χ4v) is 2.37. The Hall–Kier alpha value is -2.75. The van der Waals surface area contributed by atoms with Gasteiger partial charge in [-0.2, -0.15) is 0 Å². The van der Waals surface area contributed by atoms with Gasteiger partial charge in [-0.05, 0) is 42.3 Å². The van der Waals surface area contributed by atoms with Crippen molar-refractivity contribution in [3.63, 3.8) is 0 Å². The number of hydrogen-bond donors (Lipinski definition) is 3. The van der Waals surface area contributed by atoms with Gasteiger partial charge >= 0.3 is 6.03 Å². The monoisotopic (exact) mass is 279 g/mol. The third-order valence-corrected chi connectivity index (χ3v) is 3.46. The van der Waals surface area contributed by atoms with Gasteiger partial charge in [0.2, 0.25) is 0 Å². The number of carbonyl (C=O) groups excluding carboxylic acids is 1. The molecule has 3 aromatic rings. The van der Waals surface area contributed by atoms with Crippen LogP contribution in [0, 0.1) is 0 Å². The van der Waals surface area contributed by atoms with Gasteiger partial charge in [0.05, 0.1) is 0 Å². The fourth-order valence-electron chi connectivity index (χ4n) is 2.37. The van der Waals surface area contributed by atoms with Crippen molar-refractivity contribution < 1.29 is 4.79 Å². The van der Waals surface area contributed by atoms with Crippen molar-refractivity contribution in [2.45, 2.75) is 13.3 Å². The van der Waals surface area contributed by atoms with Crippen LogP contribution in [0.25, 0.3) is 10.9 Å². The summed E-state index contributed by atoms with van der Waals surface area (Å²) >= 11 is 0. The molecule has 0 saturated carbocycles. The van der Waals surface area contributed by atoms with Crippen LogP contribution >= 0.6 is 0 Å². The largest absolute Gasteiger partial charge is 0.361 e. The first kappa shape index (κ1) is 13.2. The highest BCUT2D eigenvalue weighted by Crippen LogP contribution is 2.19. The van der Waals surface area contributed by atoms with E-state index in [-0.39, 0.29) is 6.03 Å². The van der Waals surface area contributed by atoms with E-state index in [1.165, 1.54) is 0 Å². The van der Waals surface area contributed by atoms with E-state index in [9.17, 15) is 4.79 Å². The lowest BCUT2D eigenvalue weighted by Crippen LogP contribution is -2.20. The van der Waals surface area contributed by atoms with Crippen LogP contribution in [-0.4, -0.2) is 11.0 Å².